The van der Waals surface area contributed by atoms with Crippen LogP contribution in [0.2, 0.25) is 0 Å². The summed E-state index contributed by atoms with van der Waals surface area (Å²) in [6, 6.07) is 4.47. The van der Waals surface area contributed by atoms with Crippen LogP contribution < -0.4 is 0 Å². The van der Waals surface area contributed by atoms with Crippen molar-refractivity contribution in [1.82, 2.24) is 9.38 Å². The number of aryl methyl sites for hydroxylation is 3. The number of imidazole rings is 1. The van der Waals surface area contributed by atoms with E-state index in [1.807, 2.05) is 6.20 Å². The predicted molar refractivity (Wildman–Crippen MR) is 72.7 cm³/mol. The van der Waals surface area contributed by atoms with Crippen LogP contribution in [0.5, 0.6) is 0 Å². The van der Waals surface area contributed by atoms with Gasteiger partial charge in [-0.25, -0.2) is 4.98 Å². The van der Waals surface area contributed by atoms with Gasteiger partial charge in [-0.15, -0.1) is 11.3 Å². The predicted octanol–water partition coefficient (Wildman–Crippen LogP) is 3.99. The molecule has 0 aliphatic heterocycles. The fourth-order valence-corrected chi connectivity index (χ4v) is 2.79. The number of benzene rings is 1. The zero-order chi connectivity index (χ0) is 12.0. The largest absolute Gasteiger partial charge is 0.297 e. The molecule has 0 N–H and O–H groups in total. The molecule has 0 atom stereocenters. The summed E-state index contributed by atoms with van der Waals surface area (Å²) in [6.45, 7) is 6.45. The molecule has 0 saturated carbocycles. The molecule has 3 rings (SSSR count). The first-order chi connectivity index (χ1) is 8.15. The summed E-state index contributed by atoms with van der Waals surface area (Å²) in [6.07, 6.45) is 4.15. The second-order valence-corrected chi connectivity index (χ2v) is 5.34. The Kier molecular flexibility index (Phi) is 2.30. The van der Waals surface area contributed by atoms with Gasteiger partial charge in [-0.1, -0.05) is 6.07 Å². The molecule has 0 aliphatic carbocycles. The lowest BCUT2D eigenvalue weighted by Crippen LogP contribution is -1.88. The molecule has 0 radical (unpaired) electrons. The number of hydrogen-bond donors (Lipinski definition) is 0. The zero-order valence-corrected chi connectivity index (χ0v) is 11.0. The van der Waals surface area contributed by atoms with E-state index in [2.05, 4.69) is 53.9 Å². The van der Waals surface area contributed by atoms with Crippen molar-refractivity contribution in [1.29, 1.82) is 0 Å². The number of thiazole rings is 1. The molecule has 0 spiro atoms. The summed E-state index contributed by atoms with van der Waals surface area (Å²) < 4.78 is 2.08. The van der Waals surface area contributed by atoms with Crippen LogP contribution >= 0.6 is 11.3 Å². The third-order valence-corrected chi connectivity index (χ3v) is 3.98. The highest BCUT2D eigenvalue weighted by Gasteiger charge is 2.09. The van der Waals surface area contributed by atoms with Gasteiger partial charge in [0.1, 0.15) is 0 Å². The fourth-order valence-electron chi connectivity index (χ4n) is 2.09. The molecular weight excluding hydrogens is 228 g/mol. The fraction of sp³-hybridized carbons (Fsp3) is 0.214. The Hall–Kier alpha value is -1.61. The molecule has 0 unspecified atom stereocenters. The van der Waals surface area contributed by atoms with Crippen LogP contribution in [-0.2, 0) is 0 Å². The molecule has 0 bridgehead atoms. The summed E-state index contributed by atoms with van der Waals surface area (Å²) in [5.41, 5.74) is 6.26. The molecule has 2 heterocycles. The number of nitrogens with zero attached hydrogens (tertiary/aromatic N) is 2. The monoisotopic (exact) mass is 242 g/mol. The summed E-state index contributed by atoms with van der Waals surface area (Å²) in [5.74, 6) is 0. The number of fused-ring (bicyclic) bond motifs is 1. The minimum atomic E-state index is 1.05. The molecule has 0 aliphatic rings. The van der Waals surface area contributed by atoms with Crippen LogP contribution in [-0.4, -0.2) is 9.38 Å². The molecule has 0 saturated heterocycles. The third kappa shape index (κ3) is 1.67. The van der Waals surface area contributed by atoms with E-state index < -0.39 is 0 Å². The van der Waals surface area contributed by atoms with Crippen molar-refractivity contribution in [2.75, 3.05) is 0 Å². The molecule has 0 fully saturated rings. The first-order valence-electron chi connectivity index (χ1n) is 5.65. The smallest absolute Gasteiger partial charge is 0.194 e. The van der Waals surface area contributed by atoms with Gasteiger partial charge in [0.05, 0.1) is 5.69 Å². The van der Waals surface area contributed by atoms with E-state index >= 15 is 0 Å². The Labute approximate surface area is 105 Å². The van der Waals surface area contributed by atoms with Gasteiger partial charge in [-0.05, 0) is 43.5 Å². The Bertz CT molecular complexity index is 663. The van der Waals surface area contributed by atoms with Crippen LogP contribution in [0, 0.1) is 20.8 Å². The van der Waals surface area contributed by atoms with E-state index in [0.717, 1.165) is 10.7 Å². The maximum Gasteiger partial charge on any atom is 0.194 e. The van der Waals surface area contributed by atoms with Gasteiger partial charge in [0.25, 0.3) is 0 Å². The standard InChI is InChI=1S/C14H14N2S/c1-9-6-11(3)12(7-10(9)2)13-8-16-4-5-17-14(16)15-13/h4-8H,1-3H3. The summed E-state index contributed by atoms with van der Waals surface area (Å²) >= 11 is 1.67. The lowest BCUT2D eigenvalue weighted by atomic mass is 9.99. The van der Waals surface area contributed by atoms with Gasteiger partial charge in [-0.2, -0.15) is 0 Å². The van der Waals surface area contributed by atoms with E-state index in [0.29, 0.717) is 0 Å². The normalized spacial score (nSPS) is 11.2. The van der Waals surface area contributed by atoms with Crippen LogP contribution in [0.3, 0.4) is 0 Å². The lowest BCUT2D eigenvalue weighted by molar-refractivity contribution is 1.23. The molecule has 2 nitrogen and oxygen atoms in total. The van der Waals surface area contributed by atoms with Crippen LogP contribution in [0.4, 0.5) is 0 Å². The first-order valence-corrected chi connectivity index (χ1v) is 6.53. The zero-order valence-electron chi connectivity index (χ0n) is 10.2. The van der Waals surface area contributed by atoms with Crippen molar-refractivity contribution in [3.8, 4) is 11.3 Å². The third-order valence-electron chi connectivity index (χ3n) is 3.21. The van der Waals surface area contributed by atoms with Gasteiger partial charge in [0.15, 0.2) is 4.96 Å². The lowest BCUT2D eigenvalue weighted by Gasteiger charge is -2.07. The topological polar surface area (TPSA) is 17.3 Å². The van der Waals surface area contributed by atoms with Crippen molar-refractivity contribution < 1.29 is 0 Å². The van der Waals surface area contributed by atoms with Gasteiger partial charge < -0.3 is 0 Å². The summed E-state index contributed by atoms with van der Waals surface area (Å²) in [7, 11) is 0. The van der Waals surface area contributed by atoms with Crippen LogP contribution in [0.15, 0.2) is 29.9 Å². The van der Waals surface area contributed by atoms with Gasteiger partial charge in [0, 0.05) is 23.3 Å². The van der Waals surface area contributed by atoms with E-state index in [-0.39, 0.29) is 0 Å². The quantitative estimate of drug-likeness (QED) is 0.630. The van der Waals surface area contributed by atoms with E-state index in [4.69, 9.17) is 0 Å². The number of aromatic nitrogens is 2. The molecule has 86 valence electrons. The minimum absolute atomic E-state index is 1.05. The summed E-state index contributed by atoms with van der Waals surface area (Å²) in [4.78, 5) is 5.71. The SMILES string of the molecule is Cc1cc(C)c(-c2cn3ccsc3n2)cc1C. The maximum atomic E-state index is 4.66. The Morgan fingerprint density at radius 1 is 1.06 bits per heavy atom. The highest BCUT2D eigenvalue weighted by atomic mass is 32.1. The second kappa shape index (κ2) is 3.70. The van der Waals surface area contributed by atoms with Crippen molar-refractivity contribution in [2.45, 2.75) is 20.8 Å². The number of rotatable bonds is 1. The van der Waals surface area contributed by atoms with Crippen LogP contribution in [0.25, 0.3) is 16.2 Å². The van der Waals surface area contributed by atoms with Crippen molar-refractivity contribution in [2.24, 2.45) is 0 Å². The van der Waals surface area contributed by atoms with Crippen molar-refractivity contribution in [3.63, 3.8) is 0 Å². The molecule has 0 amide bonds. The van der Waals surface area contributed by atoms with Gasteiger partial charge in [-0.3, -0.25) is 4.40 Å². The van der Waals surface area contributed by atoms with E-state index in [9.17, 15) is 0 Å². The minimum Gasteiger partial charge on any atom is -0.297 e. The highest BCUT2D eigenvalue weighted by molar-refractivity contribution is 7.15. The van der Waals surface area contributed by atoms with Crippen molar-refractivity contribution in [3.05, 3.63) is 46.6 Å². The molecule has 3 aromatic rings. The average Bonchev–Trinajstić information content (AvgIpc) is 2.83. The van der Waals surface area contributed by atoms with E-state index in [1.54, 1.807) is 11.3 Å². The second-order valence-electron chi connectivity index (χ2n) is 4.47. The highest BCUT2D eigenvalue weighted by Crippen LogP contribution is 2.27. The van der Waals surface area contributed by atoms with Crippen molar-refractivity contribution >= 4 is 16.3 Å². The average molecular weight is 242 g/mol. The molecule has 3 heteroatoms. The molecular formula is C14H14N2S. The van der Waals surface area contributed by atoms with E-state index in [1.165, 1.54) is 22.3 Å². The van der Waals surface area contributed by atoms with Gasteiger partial charge >= 0.3 is 0 Å². The Morgan fingerprint density at radius 2 is 1.82 bits per heavy atom. The van der Waals surface area contributed by atoms with Gasteiger partial charge in [0.2, 0.25) is 0 Å². The Balaban J connectivity index is 2.21. The Morgan fingerprint density at radius 3 is 2.59 bits per heavy atom. The number of hydrogen-bond acceptors (Lipinski definition) is 2. The van der Waals surface area contributed by atoms with Crippen LogP contribution in [0.1, 0.15) is 16.7 Å². The molecule has 17 heavy (non-hydrogen) atoms. The summed E-state index contributed by atoms with van der Waals surface area (Å²) in [5, 5.41) is 2.05. The maximum absolute atomic E-state index is 4.66. The first kappa shape index (κ1) is 10.5. The molecule has 2 aromatic heterocycles. The molecule has 1 aromatic carbocycles.